The third-order valence-corrected chi connectivity index (χ3v) is 5.59. The highest BCUT2D eigenvalue weighted by atomic mass is 79.9. The third-order valence-electron chi connectivity index (χ3n) is 2.61. The number of halogens is 2. The lowest BCUT2D eigenvalue weighted by molar-refractivity contribution is 0.595. The van der Waals surface area contributed by atoms with Crippen molar-refractivity contribution in [3.05, 3.63) is 57.0 Å². The van der Waals surface area contributed by atoms with E-state index in [0.717, 1.165) is 5.56 Å². The number of anilines is 1. The zero-order valence-electron chi connectivity index (χ0n) is 9.81. The SMILES string of the molecule is Nc1c(Br)cc(S(=O)(=O)Cc2ccccc2)cc1Br. The highest BCUT2D eigenvalue weighted by Crippen LogP contribution is 2.32. The predicted octanol–water partition coefficient (Wildman–Crippen LogP) is 3.77. The molecule has 0 radical (unpaired) electrons. The van der Waals surface area contributed by atoms with E-state index >= 15 is 0 Å². The molecule has 0 saturated heterocycles. The first kappa shape index (κ1) is 14.6. The van der Waals surface area contributed by atoms with Gasteiger partial charge in [-0.1, -0.05) is 30.3 Å². The van der Waals surface area contributed by atoms with Crippen molar-refractivity contribution < 1.29 is 8.42 Å². The lowest BCUT2D eigenvalue weighted by Gasteiger charge is -2.08. The molecule has 0 aliphatic carbocycles. The lowest BCUT2D eigenvalue weighted by atomic mass is 10.2. The van der Waals surface area contributed by atoms with E-state index in [4.69, 9.17) is 5.73 Å². The normalized spacial score (nSPS) is 11.5. The zero-order valence-corrected chi connectivity index (χ0v) is 13.8. The van der Waals surface area contributed by atoms with E-state index in [-0.39, 0.29) is 10.6 Å². The molecular weight excluding hydrogens is 394 g/mol. The molecule has 0 heterocycles. The van der Waals surface area contributed by atoms with Crippen LogP contribution in [0.4, 0.5) is 5.69 Å². The van der Waals surface area contributed by atoms with Gasteiger partial charge in [-0.3, -0.25) is 0 Å². The van der Waals surface area contributed by atoms with Crippen molar-refractivity contribution in [3.8, 4) is 0 Å². The van der Waals surface area contributed by atoms with E-state index in [2.05, 4.69) is 31.9 Å². The monoisotopic (exact) mass is 403 g/mol. The summed E-state index contributed by atoms with van der Waals surface area (Å²) in [5, 5.41) is 0. The maximum absolute atomic E-state index is 12.3. The molecule has 0 saturated carbocycles. The van der Waals surface area contributed by atoms with Crippen LogP contribution in [0.25, 0.3) is 0 Å². The number of nitrogen functional groups attached to an aromatic ring is 1. The Morgan fingerprint density at radius 1 is 1.00 bits per heavy atom. The van der Waals surface area contributed by atoms with Gasteiger partial charge in [-0.25, -0.2) is 8.42 Å². The molecule has 2 rings (SSSR count). The van der Waals surface area contributed by atoms with Crippen molar-refractivity contribution >= 4 is 47.4 Å². The maximum Gasteiger partial charge on any atom is 0.182 e. The summed E-state index contributed by atoms with van der Waals surface area (Å²) in [6, 6.07) is 12.1. The van der Waals surface area contributed by atoms with Gasteiger partial charge in [0, 0.05) is 8.95 Å². The quantitative estimate of drug-likeness (QED) is 0.792. The molecule has 2 aromatic rings. The molecule has 0 spiro atoms. The molecule has 3 nitrogen and oxygen atoms in total. The minimum atomic E-state index is -3.39. The Kier molecular flexibility index (Phi) is 4.32. The van der Waals surface area contributed by atoms with E-state index in [0.29, 0.717) is 14.6 Å². The van der Waals surface area contributed by atoms with Crippen molar-refractivity contribution in [1.29, 1.82) is 0 Å². The Bertz CT molecular complexity index is 677. The van der Waals surface area contributed by atoms with E-state index in [1.54, 1.807) is 12.1 Å². The summed E-state index contributed by atoms with van der Waals surface area (Å²) in [5.74, 6) is -0.0311. The molecule has 19 heavy (non-hydrogen) atoms. The van der Waals surface area contributed by atoms with Gasteiger partial charge in [-0.05, 0) is 49.6 Å². The molecule has 0 atom stereocenters. The summed E-state index contributed by atoms with van der Waals surface area (Å²) in [4.78, 5) is 0.240. The van der Waals surface area contributed by atoms with Crippen LogP contribution in [0.3, 0.4) is 0 Å². The number of hydrogen-bond donors (Lipinski definition) is 1. The Labute approximate surface area is 129 Å². The smallest absolute Gasteiger partial charge is 0.182 e. The van der Waals surface area contributed by atoms with Crippen LogP contribution in [0, 0.1) is 0 Å². The Balaban J connectivity index is 2.40. The first-order valence-corrected chi connectivity index (χ1v) is 8.65. The van der Waals surface area contributed by atoms with Crippen molar-refractivity contribution in [2.45, 2.75) is 10.6 Å². The highest BCUT2D eigenvalue weighted by Gasteiger charge is 2.18. The van der Waals surface area contributed by atoms with Gasteiger partial charge in [0.25, 0.3) is 0 Å². The summed E-state index contributed by atoms with van der Waals surface area (Å²) < 4.78 is 25.8. The minimum absolute atomic E-state index is 0.0311. The minimum Gasteiger partial charge on any atom is -0.397 e. The van der Waals surface area contributed by atoms with Crippen LogP contribution < -0.4 is 5.73 Å². The largest absolute Gasteiger partial charge is 0.397 e. The fourth-order valence-electron chi connectivity index (χ4n) is 1.62. The van der Waals surface area contributed by atoms with Gasteiger partial charge in [-0.2, -0.15) is 0 Å². The third kappa shape index (κ3) is 3.38. The van der Waals surface area contributed by atoms with Crippen LogP contribution in [-0.4, -0.2) is 8.42 Å². The molecule has 0 aliphatic heterocycles. The van der Waals surface area contributed by atoms with Crippen LogP contribution >= 0.6 is 31.9 Å². The van der Waals surface area contributed by atoms with Crippen LogP contribution in [0.15, 0.2) is 56.3 Å². The number of sulfone groups is 1. The van der Waals surface area contributed by atoms with Crippen LogP contribution in [0.5, 0.6) is 0 Å². The molecule has 0 bridgehead atoms. The summed E-state index contributed by atoms with van der Waals surface area (Å²) in [6.45, 7) is 0. The fraction of sp³-hybridized carbons (Fsp3) is 0.0769. The van der Waals surface area contributed by atoms with Crippen molar-refractivity contribution in [2.24, 2.45) is 0 Å². The molecular formula is C13H11Br2NO2S. The lowest BCUT2D eigenvalue weighted by Crippen LogP contribution is -2.05. The Hall–Kier alpha value is -0.850. The number of benzene rings is 2. The second-order valence-electron chi connectivity index (χ2n) is 4.05. The zero-order chi connectivity index (χ0) is 14.0. The highest BCUT2D eigenvalue weighted by molar-refractivity contribution is 9.11. The van der Waals surface area contributed by atoms with Crippen LogP contribution in [0.1, 0.15) is 5.56 Å². The summed E-state index contributed by atoms with van der Waals surface area (Å²) in [6.07, 6.45) is 0. The molecule has 2 N–H and O–H groups in total. The summed E-state index contributed by atoms with van der Waals surface area (Å²) >= 11 is 6.51. The van der Waals surface area contributed by atoms with Gasteiger partial charge in [0.15, 0.2) is 9.84 Å². The molecule has 0 unspecified atom stereocenters. The fourth-order valence-corrected chi connectivity index (χ4v) is 4.50. The topological polar surface area (TPSA) is 60.2 Å². The van der Waals surface area contributed by atoms with Gasteiger partial charge in [-0.15, -0.1) is 0 Å². The molecule has 100 valence electrons. The van der Waals surface area contributed by atoms with E-state index in [1.165, 1.54) is 12.1 Å². The molecule has 0 aliphatic rings. The van der Waals surface area contributed by atoms with Crippen LogP contribution in [0.2, 0.25) is 0 Å². The van der Waals surface area contributed by atoms with Crippen molar-refractivity contribution in [1.82, 2.24) is 0 Å². The van der Waals surface area contributed by atoms with Crippen molar-refractivity contribution in [2.75, 3.05) is 5.73 Å². The number of hydrogen-bond acceptors (Lipinski definition) is 3. The van der Waals surface area contributed by atoms with Gasteiger partial charge >= 0.3 is 0 Å². The predicted molar refractivity (Wildman–Crippen MR) is 83.6 cm³/mol. The van der Waals surface area contributed by atoms with Gasteiger partial charge in [0.2, 0.25) is 0 Å². The van der Waals surface area contributed by atoms with E-state index in [1.807, 2.05) is 18.2 Å². The van der Waals surface area contributed by atoms with Gasteiger partial charge in [0.05, 0.1) is 16.3 Å². The molecule has 0 fully saturated rings. The molecule has 2 aromatic carbocycles. The second-order valence-corrected chi connectivity index (χ2v) is 7.74. The van der Waals surface area contributed by atoms with E-state index < -0.39 is 9.84 Å². The molecule has 0 amide bonds. The molecule has 6 heteroatoms. The first-order valence-electron chi connectivity index (χ1n) is 5.41. The second kappa shape index (κ2) is 5.64. The van der Waals surface area contributed by atoms with Gasteiger partial charge < -0.3 is 5.73 Å². The Morgan fingerprint density at radius 3 is 2.05 bits per heavy atom. The summed E-state index contributed by atoms with van der Waals surface area (Å²) in [5.41, 5.74) is 7.00. The number of nitrogens with two attached hydrogens (primary N) is 1. The van der Waals surface area contributed by atoms with Gasteiger partial charge in [0.1, 0.15) is 0 Å². The molecule has 0 aromatic heterocycles. The summed E-state index contributed by atoms with van der Waals surface area (Å²) in [7, 11) is -3.39. The van der Waals surface area contributed by atoms with Crippen LogP contribution in [-0.2, 0) is 15.6 Å². The first-order chi connectivity index (χ1) is 8.90. The number of rotatable bonds is 3. The maximum atomic E-state index is 12.3. The average Bonchev–Trinajstić information content (AvgIpc) is 2.36. The van der Waals surface area contributed by atoms with E-state index in [9.17, 15) is 8.42 Å². The average molecular weight is 405 g/mol. The standard InChI is InChI=1S/C13H11Br2NO2S/c14-11-6-10(7-12(15)13(11)16)19(17,18)8-9-4-2-1-3-5-9/h1-7H,8,16H2. The Morgan fingerprint density at radius 2 is 1.53 bits per heavy atom. The van der Waals surface area contributed by atoms with Crippen molar-refractivity contribution in [3.63, 3.8) is 0 Å².